The molecule has 1 N–H and O–H groups in total. The lowest BCUT2D eigenvalue weighted by Gasteiger charge is -2.35. The number of nitrogens with zero attached hydrogens (tertiary/aromatic N) is 6. The van der Waals surface area contributed by atoms with Crippen LogP contribution in [-0.4, -0.2) is 77.1 Å². The van der Waals surface area contributed by atoms with Crippen LogP contribution in [0, 0.1) is 0 Å². The van der Waals surface area contributed by atoms with Gasteiger partial charge in [0, 0.05) is 31.2 Å². The van der Waals surface area contributed by atoms with E-state index < -0.39 is 0 Å². The lowest BCUT2D eigenvalue weighted by molar-refractivity contribution is -0.113. The molecule has 0 saturated carbocycles. The van der Waals surface area contributed by atoms with Gasteiger partial charge in [0.15, 0.2) is 0 Å². The summed E-state index contributed by atoms with van der Waals surface area (Å²) < 4.78 is 6.95. The van der Waals surface area contributed by atoms with Gasteiger partial charge in [-0.15, -0.1) is 5.10 Å². The van der Waals surface area contributed by atoms with Gasteiger partial charge in [0.1, 0.15) is 11.4 Å². The van der Waals surface area contributed by atoms with Gasteiger partial charge in [-0.2, -0.15) is 4.68 Å². The van der Waals surface area contributed by atoms with Crippen molar-refractivity contribution in [3.8, 4) is 11.4 Å². The lowest BCUT2D eigenvalue weighted by atomic mass is 10.2. The van der Waals surface area contributed by atoms with Crippen LogP contribution in [0.15, 0.2) is 47.6 Å². The Kier molecular flexibility index (Phi) is 7.13. The molecule has 3 aromatic rings. The maximum atomic E-state index is 12.8. The van der Waals surface area contributed by atoms with E-state index in [0.29, 0.717) is 27.3 Å². The van der Waals surface area contributed by atoms with Crippen LogP contribution < -0.4 is 15.0 Å². The number of rotatable bonds is 7. The molecule has 0 unspecified atom stereocenters. The van der Waals surface area contributed by atoms with Gasteiger partial charge >= 0.3 is 0 Å². The van der Waals surface area contributed by atoms with Crippen molar-refractivity contribution < 1.29 is 9.53 Å². The number of thioether (sulfide) groups is 1. The number of anilines is 2. The summed E-state index contributed by atoms with van der Waals surface area (Å²) in [5.41, 5.74) is 2.38. The Morgan fingerprint density at radius 1 is 1.16 bits per heavy atom. The van der Waals surface area contributed by atoms with Gasteiger partial charge in [-0.3, -0.25) is 4.79 Å². The van der Waals surface area contributed by atoms with Crippen LogP contribution in [0.3, 0.4) is 0 Å². The second kappa shape index (κ2) is 10.2. The van der Waals surface area contributed by atoms with E-state index in [2.05, 4.69) is 37.7 Å². The first kappa shape index (κ1) is 22.4. The SMILES string of the molecule is COc1ccccc1-n1nnnc1SCC(=O)Nc1cc(Cl)ccc1N1CCN(C)CC1. The number of piperazine rings is 1. The molecule has 1 amide bonds. The number of tetrazole rings is 1. The van der Waals surface area contributed by atoms with Crippen LogP contribution in [0.1, 0.15) is 0 Å². The van der Waals surface area contributed by atoms with E-state index in [1.165, 1.54) is 11.8 Å². The van der Waals surface area contributed by atoms with Crippen LogP contribution in [0.2, 0.25) is 5.02 Å². The number of likely N-dealkylation sites (N-methyl/N-ethyl adjacent to an activating group) is 1. The molecule has 4 rings (SSSR count). The van der Waals surface area contributed by atoms with E-state index in [1.807, 2.05) is 36.4 Å². The van der Waals surface area contributed by atoms with Crippen LogP contribution in [-0.2, 0) is 4.79 Å². The molecule has 0 aliphatic carbocycles. The number of benzene rings is 2. The largest absolute Gasteiger partial charge is 0.494 e. The molecule has 168 valence electrons. The molecule has 1 aromatic heterocycles. The van der Waals surface area contributed by atoms with Crippen molar-refractivity contribution in [1.82, 2.24) is 25.1 Å². The number of hydrogen-bond donors (Lipinski definition) is 1. The van der Waals surface area contributed by atoms with Crippen molar-refractivity contribution in [1.29, 1.82) is 0 Å². The third-order valence-corrected chi connectivity index (χ3v) is 6.32. The second-order valence-electron chi connectivity index (χ2n) is 7.33. The van der Waals surface area contributed by atoms with Crippen LogP contribution in [0.5, 0.6) is 5.75 Å². The number of halogens is 1. The molecule has 1 aliphatic rings. The Morgan fingerprint density at radius 2 is 1.94 bits per heavy atom. The van der Waals surface area contributed by atoms with Crippen LogP contribution >= 0.6 is 23.4 Å². The summed E-state index contributed by atoms with van der Waals surface area (Å²) in [4.78, 5) is 17.3. The summed E-state index contributed by atoms with van der Waals surface area (Å²) >= 11 is 7.46. The minimum Gasteiger partial charge on any atom is -0.494 e. The zero-order valence-electron chi connectivity index (χ0n) is 17.9. The van der Waals surface area contributed by atoms with Crippen molar-refractivity contribution >= 4 is 40.6 Å². The predicted molar refractivity (Wildman–Crippen MR) is 126 cm³/mol. The molecule has 1 fully saturated rings. The molecule has 0 atom stereocenters. The Morgan fingerprint density at radius 3 is 2.72 bits per heavy atom. The van der Waals surface area contributed by atoms with Gasteiger partial charge in [0.05, 0.1) is 24.2 Å². The third kappa shape index (κ3) is 5.14. The summed E-state index contributed by atoms with van der Waals surface area (Å²) in [5, 5.41) is 15.9. The second-order valence-corrected chi connectivity index (χ2v) is 8.71. The molecule has 1 saturated heterocycles. The minimum absolute atomic E-state index is 0.143. The molecule has 0 radical (unpaired) electrons. The molecule has 2 heterocycles. The number of nitrogens with one attached hydrogen (secondary N) is 1. The molecule has 9 nitrogen and oxygen atoms in total. The zero-order valence-corrected chi connectivity index (χ0v) is 19.4. The van der Waals surface area contributed by atoms with E-state index in [4.69, 9.17) is 16.3 Å². The van der Waals surface area contributed by atoms with Gasteiger partial charge in [0.25, 0.3) is 0 Å². The Balaban J connectivity index is 1.45. The highest BCUT2D eigenvalue weighted by atomic mass is 35.5. The van der Waals surface area contributed by atoms with Gasteiger partial charge < -0.3 is 19.9 Å². The summed E-state index contributed by atoms with van der Waals surface area (Å²) in [5.74, 6) is 0.619. The van der Waals surface area contributed by atoms with E-state index in [1.54, 1.807) is 17.9 Å². The first-order chi connectivity index (χ1) is 15.5. The number of aromatic nitrogens is 4. The number of carbonyl (C=O) groups is 1. The normalized spacial score (nSPS) is 14.4. The van der Waals surface area contributed by atoms with Gasteiger partial charge in [0.2, 0.25) is 11.1 Å². The van der Waals surface area contributed by atoms with Gasteiger partial charge in [-0.05, 0) is 47.8 Å². The van der Waals surface area contributed by atoms with E-state index in [-0.39, 0.29) is 11.7 Å². The molecule has 0 spiro atoms. The van der Waals surface area contributed by atoms with Gasteiger partial charge in [-0.25, -0.2) is 0 Å². The van der Waals surface area contributed by atoms with Crippen molar-refractivity contribution in [2.75, 3.05) is 56.3 Å². The highest BCUT2D eigenvalue weighted by Gasteiger charge is 2.19. The van der Waals surface area contributed by atoms with Crippen LogP contribution in [0.4, 0.5) is 11.4 Å². The third-order valence-electron chi connectivity index (χ3n) is 5.16. The predicted octanol–water partition coefficient (Wildman–Crippen LogP) is 2.81. The fourth-order valence-electron chi connectivity index (χ4n) is 3.47. The smallest absolute Gasteiger partial charge is 0.234 e. The average molecular weight is 474 g/mol. The number of hydrogen-bond acceptors (Lipinski definition) is 8. The zero-order chi connectivity index (χ0) is 22.5. The number of carbonyl (C=O) groups excluding carboxylic acids is 1. The first-order valence-corrected chi connectivity index (χ1v) is 11.5. The quantitative estimate of drug-likeness (QED) is 0.524. The topological polar surface area (TPSA) is 88.4 Å². The summed E-state index contributed by atoms with van der Waals surface area (Å²) in [6, 6.07) is 13.0. The van der Waals surface area contributed by atoms with E-state index in [9.17, 15) is 4.79 Å². The Labute approximate surface area is 195 Å². The molecule has 2 aromatic carbocycles. The van der Waals surface area contributed by atoms with Crippen molar-refractivity contribution in [3.05, 3.63) is 47.5 Å². The van der Waals surface area contributed by atoms with E-state index >= 15 is 0 Å². The summed E-state index contributed by atoms with van der Waals surface area (Å²) in [7, 11) is 3.70. The van der Waals surface area contributed by atoms with Crippen molar-refractivity contribution in [2.45, 2.75) is 5.16 Å². The van der Waals surface area contributed by atoms with E-state index in [0.717, 1.165) is 31.9 Å². The fraction of sp³-hybridized carbons (Fsp3) is 0.333. The highest BCUT2D eigenvalue weighted by molar-refractivity contribution is 7.99. The number of amides is 1. The first-order valence-electron chi connectivity index (χ1n) is 10.1. The van der Waals surface area contributed by atoms with Gasteiger partial charge in [-0.1, -0.05) is 35.5 Å². The molecule has 32 heavy (non-hydrogen) atoms. The minimum atomic E-state index is -0.165. The molecule has 11 heteroatoms. The highest BCUT2D eigenvalue weighted by Crippen LogP contribution is 2.31. The average Bonchev–Trinajstić information content (AvgIpc) is 3.27. The fourth-order valence-corrected chi connectivity index (χ4v) is 4.33. The van der Waals surface area contributed by atoms with Crippen molar-refractivity contribution in [3.63, 3.8) is 0 Å². The Hall–Kier alpha value is -2.82. The van der Waals surface area contributed by atoms with Crippen LogP contribution in [0.25, 0.3) is 5.69 Å². The number of methoxy groups -OCH3 is 1. The molecular weight excluding hydrogens is 450 g/mol. The summed E-state index contributed by atoms with van der Waals surface area (Å²) in [6.45, 7) is 3.72. The summed E-state index contributed by atoms with van der Waals surface area (Å²) in [6.07, 6.45) is 0. The molecule has 0 bridgehead atoms. The lowest BCUT2D eigenvalue weighted by Crippen LogP contribution is -2.44. The van der Waals surface area contributed by atoms with Crippen molar-refractivity contribution in [2.24, 2.45) is 0 Å². The maximum absolute atomic E-state index is 12.8. The monoisotopic (exact) mass is 473 g/mol. The maximum Gasteiger partial charge on any atom is 0.234 e. The molecule has 1 aliphatic heterocycles. The standard InChI is InChI=1S/C21H24ClN7O2S/c1-27-9-11-28(12-10-27)17-8-7-15(22)13-16(17)23-20(30)14-32-21-24-25-26-29(21)18-5-3-4-6-19(18)31-2/h3-8,13H,9-12,14H2,1-2H3,(H,23,30). The number of para-hydroxylation sites is 2. The molecular formula is C21H24ClN7O2S. The number of ether oxygens (including phenoxy) is 1. The Bertz CT molecular complexity index is 1090.